The molecule has 0 saturated carbocycles. The van der Waals surface area contributed by atoms with Crippen molar-refractivity contribution >= 4 is 16.8 Å². The van der Waals surface area contributed by atoms with Gasteiger partial charge in [-0.3, -0.25) is 4.79 Å². The standard InChI is InChI=1S/C15H13FO4/c1-7-4-8-12(10(17)5-7)13(18-2)9-6-11(16)20-15(9)14(8)19-3/h5-6H,4H2,1-3H3. The molecule has 0 unspecified atom stereocenters. The van der Waals surface area contributed by atoms with Crippen molar-refractivity contribution in [1.82, 2.24) is 0 Å². The zero-order valence-electron chi connectivity index (χ0n) is 11.4. The van der Waals surface area contributed by atoms with Gasteiger partial charge in [-0.15, -0.1) is 0 Å². The first-order valence-corrected chi connectivity index (χ1v) is 6.14. The van der Waals surface area contributed by atoms with Crippen LogP contribution in [0.1, 0.15) is 22.8 Å². The number of methoxy groups -OCH3 is 2. The Balaban J connectivity index is 2.47. The van der Waals surface area contributed by atoms with E-state index in [0.717, 1.165) is 5.57 Å². The van der Waals surface area contributed by atoms with E-state index in [2.05, 4.69) is 0 Å². The van der Waals surface area contributed by atoms with E-state index in [4.69, 9.17) is 13.9 Å². The highest BCUT2D eigenvalue weighted by Crippen LogP contribution is 2.44. The van der Waals surface area contributed by atoms with Gasteiger partial charge < -0.3 is 13.9 Å². The third-order valence-corrected chi connectivity index (χ3v) is 3.44. The molecule has 1 aliphatic carbocycles. The lowest BCUT2D eigenvalue weighted by molar-refractivity contribution is 0.104. The molecule has 0 N–H and O–H groups in total. The van der Waals surface area contributed by atoms with Gasteiger partial charge in [-0.1, -0.05) is 5.57 Å². The van der Waals surface area contributed by atoms with E-state index in [9.17, 15) is 9.18 Å². The van der Waals surface area contributed by atoms with Gasteiger partial charge in [0.2, 0.25) is 0 Å². The van der Waals surface area contributed by atoms with E-state index in [1.54, 1.807) is 6.08 Å². The van der Waals surface area contributed by atoms with Gasteiger partial charge in [-0.25, -0.2) is 0 Å². The number of ketones is 1. The maximum absolute atomic E-state index is 13.4. The number of carbonyl (C=O) groups is 1. The van der Waals surface area contributed by atoms with Crippen molar-refractivity contribution in [3.05, 3.63) is 34.9 Å². The Morgan fingerprint density at radius 2 is 1.95 bits per heavy atom. The van der Waals surface area contributed by atoms with Gasteiger partial charge in [-0.05, 0) is 19.4 Å². The van der Waals surface area contributed by atoms with Crippen LogP contribution in [0.15, 0.2) is 22.1 Å². The Hall–Kier alpha value is -2.30. The van der Waals surface area contributed by atoms with Crippen LogP contribution in [-0.4, -0.2) is 20.0 Å². The van der Waals surface area contributed by atoms with Crippen LogP contribution < -0.4 is 9.47 Å². The van der Waals surface area contributed by atoms with Crippen LogP contribution in [0.4, 0.5) is 4.39 Å². The number of carbonyl (C=O) groups excluding carboxylic acids is 1. The summed E-state index contributed by atoms with van der Waals surface area (Å²) in [7, 11) is 2.92. The molecular formula is C15H13FO4. The lowest BCUT2D eigenvalue weighted by Crippen LogP contribution is -2.12. The molecule has 2 aromatic rings. The summed E-state index contributed by atoms with van der Waals surface area (Å²) in [6, 6.07) is 0.464. The normalized spacial score (nSPS) is 14.2. The highest BCUT2D eigenvalue weighted by atomic mass is 19.1. The molecule has 0 amide bonds. The average molecular weight is 276 g/mol. The number of benzene rings is 1. The highest BCUT2D eigenvalue weighted by Gasteiger charge is 2.29. The van der Waals surface area contributed by atoms with Gasteiger partial charge in [0.05, 0.1) is 25.2 Å². The zero-order valence-corrected chi connectivity index (χ0v) is 11.4. The lowest BCUT2D eigenvalue weighted by Gasteiger charge is -2.20. The van der Waals surface area contributed by atoms with Gasteiger partial charge in [0.15, 0.2) is 17.1 Å². The van der Waals surface area contributed by atoms with Crippen LogP contribution in [-0.2, 0) is 6.42 Å². The summed E-state index contributed by atoms with van der Waals surface area (Å²) in [5.41, 5.74) is 2.27. The van der Waals surface area contributed by atoms with Crippen molar-refractivity contribution in [3.8, 4) is 11.5 Å². The van der Waals surface area contributed by atoms with Crippen molar-refractivity contribution in [2.75, 3.05) is 14.2 Å². The van der Waals surface area contributed by atoms with E-state index < -0.39 is 6.01 Å². The van der Waals surface area contributed by atoms with Gasteiger partial charge in [0.25, 0.3) is 6.01 Å². The maximum atomic E-state index is 13.4. The second kappa shape index (κ2) is 4.37. The first kappa shape index (κ1) is 12.7. The van der Waals surface area contributed by atoms with Crippen LogP contribution in [0.5, 0.6) is 11.5 Å². The van der Waals surface area contributed by atoms with Gasteiger partial charge in [0, 0.05) is 11.6 Å². The molecule has 0 aliphatic heterocycles. The van der Waals surface area contributed by atoms with Crippen LogP contribution in [0.2, 0.25) is 0 Å². The lowest BCUT2D eigenvalue weighted by atomic mass is 9.88. The van der Waals surface area contributed by atoms with E-state index >= 15 is 0 Å². The smallest absolute Gasteiger partial charge is 0.279 e. The van der Waals surface area contributed by atoms with Crippen LogP contribution in [0.25, 0.3) is 11.0 Å². The Labute approximate surface area is 114 Å². The first-order chi connectivity index (χ1) is 9.56. The number of halogens is 1. The van der Waals surface area contributed by atoms with Crippen LogP contribution in [0, 0.1) is 6.01 Å². The topological polar surface area (TPSA) is 48.7 Å². The molecule has 1 aromatic heterocycles. The van der Waals surface area contributed by atoms with Crippen molar-refractivity contribution in [2.24, 2.45) is 0 Å². The van der Waals surface area contributed by atoms with Crippen molar-refractivity contribution in [1.29, 1.82) is 0 Å². The minimum Gasteiger partial charge on any atom is -0.495 e. The average Bonchev–Trinajstić information content (AvgIpc) is 2.76. The molecule has 0 saturated heterocycles. The largest absolute Gasteiger partial charge is 0.495 e. The van der Waals surface area contributed by atoms with Crippen molar-refractivity contribution in [2.45, 2.75) is 13.3 Å². The Morgan fingerprint density at radius 3 is 2.60 bits per heavy atom. The molecule has 0 fully saturated rings. The number of rotatable bonds is 2. The van der Waals surface area contributed by atoms with E-state index in [1.807, 2.05) is 6.92 Å². The molecule has 104 valence electrons. The molecule has 0 bridgehead atoms. The molecule has 5 heteroatoms. The fourth-order valence-electron chi connectivity index (χ4n) is 2.70. The summed E-state index contributed by atoms with van der Waals surface area (Å²) in [4.78, 5) is 12.3. The van der Waals surface area contributed by atoms with Crippen LogP contribution >= 0.6 is 0 Å². The van der Waals surface area contributed by atoms with E-state index in [1.165, 1.54) is 20.3 Å². The predicted molar refractivity (Wildman–Crippen MR) is 71.1 cm³/mol. The minimum absolute atomic E-state index is 0.164. The molecule has 1 heterocycles. The highest BCUT2D eigenvalue weighted by molar-refractivity contribution is 6.14. The first-order valence-electron chi connectivity index (χ1n) is 6.14. The van der Waals surface area contributed by atoms with E-state index in [0.29, 0.717) is 34.4 Å². The predicted octanol–water partition coefficient (Wildman–Crippen LogP) is 3.27. The Kier molecular flexibility index (Phi) is 2.78. The number of hydrogen-bond donors (Lipinski definition) is 0. The molecule has 0 spiro atoms. The third-order valence-electron chi connectivity index (χ3n) is 3.44. The fraction of sp³-hybridized carbons (Fsp3) is 0.267. The zero-order chi connectivity index (χ0) is 14.4. The summed E-state index contributed by atoms with van der Waals surface area (Å²) in [5, 5.41) is 0.405. The minimum atomic E-state index is -0.740. The SMILES string of the molecule is COc1c2c(c(OC)c3oc(F)cc13)CC(C)=CC2=O. The Morgan fingerprint density at radius 1 is 1.25 bits per heavy atom. The van der Waals surface area contributed by atoms with Gasteiger partial charge in [0.1, 0.15) is 5.75 Å². The molecule has 1 aliphatic rings. The number of hydrogen-bond acceptors (Lipinski definition) is 4. The summed E-state index contributed by atoms with van der Waals surface area (Å²) < 4.78 is 29.2. The van der Waals surface area contributed by atoms with Gasteiger partial charge in [-0.2, -0.15) is 4.39 Å². The quantitative estimate of drug-likeness (QED) is 0.844. The number of furan rings is 1. The molecule has 20 heavy (non-hydrogen) atoms. The maximum Gasteiger partial charge on any atom is 0.279 e. The monoisotopic (exact) mass is 276 g/mol. The number of allylic oxidation sites excluding steroid dienone is 2. The van der Waals surface area contributed by atoms with Crippen molar-refractivity contribution < 1.29 is 23.1 Å². The summed E-state index contributed by atoms with van der Waals surface area (Å²) in [6.07, 6.45) is 2.10. The van der Waals surface area contributed by atoms with E-state index in [-0.39, 0.29) is 11.4 Å². The van der Waals surface area contributed by atoms with Crippen LogP contribution in [0.3, 0.4) is 0 Å². The molecule has 3 rings (SSSR count). The summed E-state index contributed by atoms with van der Waals surface area (Å²) in [6.45, 7) is 1.86. The molecule has 0 atom stereocenters. The molecular weight excluding hydrogens is 263 g/mol. The van der Waals surface area contributed by atoms with Gasteiger partial charge >= 0.3 is 0 Å². The Bertz CT molecular complexity index is 755. The molecule has 4 nitrogen and oxygen atoms in total. The number of fused-ring (bicyclic) bond motifs is 2. The second-order valence-electron chi connectivity index (χ2n) is 4.75. The number of ether oxygens (including phenoxy) is 2. The summed E-state index contributed by atoms with van der Waals surface area (Å²) >= 11 is 0. The molecule has 0 radical (unpaired) electrons. The second-order valence-corrected chi connectivity index (χ2v) is 4.75. The summed E-state index contributed by atoms with van der Waals surface area (Å²) in [5.74, 6) is 0.556. The molecule has 1 aromatic carbocycles. The third kappa shape index (κ3) is 1.62. The fourth-order valence-corrected chi connectivity index (χ4v) is 2.70. The van der Waals surface area contributed by atoms with Crippen molar-refractivity contribution in [3.63, 3.8) is 0 Å².